The Hall–Kier alpha value is -2.44. The van der Waals surface area contributed by atoms with Gasteiger partial charge in [-0.25, -0.2) is 0 Å². The van der Waals surface area contributed by atoms with Crippen molar-refractivity contribution in [3.8, 4) is 0 Å². The molecule has 0 unspecified atom stereocenters. The molecule has 4 rings (SSSR count). The predicted octanol–water partition coefficient (Wildman–Crippen LogP) is 3.61. The number of aromatic amines is 1. The Morgan fingerprint density at radius 1 is 1.30 bits per heavy atom. The number of nitrogens with one attached hydrogen (secondary N) is 1. The first-order valence-corrected chi connectivity index (χ1v) is 10.0. The minimum atomic E-state index is -0.396. The molecule has 3 heterocycles. The summed E-state index contributed by atoms with van der Waals surface area (Å²) in [6, 6.07) is 11.8. The number of carbonyl (C=O) groups is 1. The van der Waals surface area contributed by atoms with Crippen LogP contribution in [0.15, 0.2) is 46.6 Å². The Bertz CT molecular complexity index is 1000. The number of thiophene rings is 1. The van der Waals surface area contributed by atoms with Crippen molar-refractivity contribution in [3.63, 3.8) is 0 Å². The molecule has 0 spiro atoms. The van der Waals surface area contributed by atoms with Crippen LogP contribution in [-0.2, 0) is 22.6 Å². The molecule has 3 aromatic rings. The van der Waals surface area contributed by atoms with E-state index < -0.39 is 6.10 Å². The molecule has 1 aromatic carbocycles. The summed E-state index contributed by atoms with van der Waals surface area (Å²) in [5.41, 5.74) is 2.36. The summed E-state index contributed by atoms with van der Waals surface area (Å²) in [6.07, 6.45) is 1.25. The molecule has 6 heteroatoms. The number of pyridine rings is 1. The van der Waals surface area contributed by atoms with E-state index in [0.29, 0.717) is 18.7 Å². The van der Waals surface area contributed by atoms with E-state index >= 15 is 0 Å². The topological polar surface area (TPSA) is 62.4 Å². The molecule has 1 atom stereocenters. The molecule has 0 bridgehead atoms. The van der Waals surface area contributed by atoms with Crippen molar-refractivity contribution in [1.29, 1.82) is 0 Å². The van der Waals surface area contributed by atoms with Gasteiger partial charge in [0.25, 0.3) is 11.5 Å². The highest BCUT2D eigenvalue weighted by Gasteiger charge is 2.29. The molecule has 1 amide bonds. The van der Waals surface area contributed by atoms with Gasteiger partial charge in [-0.15, -0.1) is 11.3 Å². The number of nitrogens with zero attached hydrogens (tertiary/aromatic N) is 1. The molecule has 1 saturated heterocycles. The third kappa shape index (κ3) is 3.96. The number of hydrogen-bond donors (Lipinski definition) is 1. The van der Waals surface area contributed by atoms with Crippen molar-refractivity contribution in [3.05, 3.63) is 68.1 Å². The number of ether oxygens (including phenoxy) is 1. The Morgan fingerprint density at radius 3 is 2.93 bits per heavy atom. The number of aromatic nitrogens is 1. The molecular formula is C21H22N2O3S. The normalized spacial score (nSPS) is 16.7. The molecule has 0 radical (unpaired) electrons. The number of hydrogen-bond acceptors (Lipinski definition) is 4. The van der Waals surface area contributed by atoms with Crippen molar-refractivity contribution < 1.29 is 9.53 Å². The van der Waals surface area contributed by atoms with Gasteiger partial charge in [0.1, 0.15) is 6.10 Å². The van der Waals surface area contributed by atoms with Gasteiger partial charge in [-0.3, -0.25) is 9.59 Å². The van der Waals surface area contributed by atoms with Crippen LogP contribution in [0.4, 0.5) is 0 Å². The van der Waals surface area contributed by atoms with Gasteiger partial charge < -0.3 is 14.6 Å². The maximum Gasteiger partial charge on any atom is 0.253 e. The summed E-state index contributed by atoms with van der Waals surface area (Å²) in [5, 5.41) is 2.96. The molecular weight excluding hydrogens is 360 g/mol. The molecule has 1 aliphatic rings. The maximum absolute atomic E-state index is 13.0. The smallest absolute Gasteiger partial charge is 0.253 e. The first kappa shape index (κ1) is 17.9. The van der Waals surface area contributed by atoms with Crippen molar-refractivity contribution in [1.82, 2.24) is 9.88 Å². The lowest BCUT2D eigenvalue weighted by Gasteiger charge is -2.25. The minimum absolute atomic E-state index is 0.0377. The van der Waals surface area contributed by atoms with Crippen LogP contribution in [0, 0.1) is 6.92 Å². The Morgan fingerprint density at radius 2 is 2.19 bits per heavy atom. The van der Waals surface area contributed by atoms with Gasteiger partial charge in [0.05, 0.1) is 13.1 Å². The van der Waals surface area contributed by atoms with Crippen molar-refractivity contribution in [2.45, 2.75) is 39.0 Å². The second-order valence-electron chi connectivity index (χ2n) is 6.99. The quantitative estimate of drug-likeness (QED) is 0.733. The number of aryl methyl sites for hydroxylation is 1. The largest absolute Gasteiger partial charge is 0.368 e. The summed E-state index contributed by atoms with van der Waals surface area (Å²) >= 11 is 1.61. The number of fused-ring (bicyclic) bond motifs is 1. The van der Waals surface area contributed by atoms with Crippen molar-refractivity contribution >= 4 is 28.1 Å². The summed E-state index contributed by atoms with van der Waals surface area (Å²) < 4.78 is 5.59. The van der Waals surface area contributed by atoms with Gasteiger partial charge in [-0.05, 0) is 54.3 Å². The van der Waals surface area contributed by atoms with E-state index in [-0.39, 0.29) is 18.0 Å². The molecule has 1 N–H and O–H groups in total. The number of H-pyrrole nitrogens is 1. The predicted molar refractivity (Wildman–Crippen MR) is 107 cm³/mol. The van der Waals surface area contributed by atoms with Crippen LogP contribution in [0.1, 0.15) is 28.8 Å². The van der Waals surface area contributed by atoms with E-state index in [4.69, 9.17) is 4.74 Å². The lowest BCUT2D eigenvalue weighted by atomic mass is 10.1. The Balaban J connectivity index is 1.64. The van der Waals surface area contributed by atoms with Crippen LogP contribution in [0.3, 0.4) is 0 Å². The number of benzene rings is 1. The summed E-state index contributed by atoms with van der Waals surface area (Å²) in [6.45, 7) is 3.38. The van der Waals surface area contributed by atoms with Crippen LogP contribution in [0.5, 0.6) is 0 Å². The van der Waals surface area contributed by atoms with Crippen LogP contribution in [-0.4, -0.2) is 28.5 Å². The van der Waals surface area contributed by atoms with Crippen molar-refractivity contribution in [2.75, 3.05) is 6.61 Å². The van der Waals surface area contributed by atoms with Gasteiger partial charge >= 0.3 is 0 Å². The Labute approximate surface area is 161 Å². The highest BCUT2D eigenvalue weighted by Crippen LogP contribution is 2.21. The number of amides is 1. The first-order chi connectivity index (χ1) is 13.1. The van der Waals surface area contributed by atoms with Crippen LogP contribution in [0.2, 0.25) is 0 Å². The zero-order valence-electron chi connectivity index (χ0n) is 15.2. The van der Waals surface area contributed by atoms with E-state index in [0.717, 1.165) is 34.2 Å². The fraction of sp³-hybridized carbons (Fsp3) is 0.333. The molecule has 1 fully saturated rings. The van der Waals surface area contributed by atoms with Gasteiger partial charge in [0, 0.05) is 22.6 Å². The third-order valence-corrected chi connectivity index (χ3v) is 5.74. The molecule has 5 nitrogen and oxygen atoms in total. The van der Waals surface area contributed by atoms with Crippen LogP contribution in [0.25, 0.3) is 10.9 Å². The van der Waals surface area contributed by atoms with Gasteiger partial charge in [0.2, 0.25) is 0 Å². The molecule has 2 aromatic heterocycles. The highest BCUT2D eigenvalue weighted by molar-refractivity contribution is 7.09. The van der Waals surface area contributed by atoms with Gasteiger partial charge in [-0.1, -0.05) is 18.2 Å². The van der Waals surface area contributed by atoms with E-state index in [9.17, 15) is 9.59 Å². The fourth-order valence-corrected chi connectivity index (χ4v) is 4.18. The molecule has 0 saturated carbocycles. The average Bonchev–Trinajstić information content (AvgIpc) is 3.35. The molecule has 140 valence electrons. The fourth-order valence-electron chi connectivity index (χ4n) is 3.46. The second-order valence-corrected chi connectivity index (χ2v) is 8.02. The minimum Gasteiger partial charge on any atom is -0.368 e. The van der Waals surface area contributed by atoms with Gasteiger partial charge in [0.15, 0.2) is 0 Å². The zero-order chi connectivity index (χ0) is 18.8. The summed E-state index contributed by atoms with van der Waals surface area (Å²) in [7, 11) is 0. The van der Waals surface area contributed by atoms with Crippen molar-refractivity contribution in [2.24, 2.45) is 0 Å². The van der Waals surface area contributed by atoms with Crippen LogP contribution >= 0.6 is 11.3 Å². The molecule has 27 heavy (non-hydrogen) atoms. The van der Waals surface area contributed by atoms with E-state index in [1.165, 1.54) is 0 Å². The SMILES string of the molecule is Cc1ccc2cc(CN(Cc3cccs3)C(=O)[C@@H]3CCCO3)c(=O)[nH]c2c1. The standard InChI is InChI=1S/C21H22N2O3S/c1-14-6-7-15-11-16(20(24)22-18(15)10-14)12-23(13-17-4-3-9-27-17)21(25)19-5-2-8-26-19/h3-4,6-7,9-11,19H,2,5,8,12-13H2,1H3,(H,22,24)/t19-/m0/s1. The number of carbonyl (C=O) groups excluding carboxylic acids is 1. The maximum atomic E-state index is 13.0. The van der Waals surface area contributed by atoms with Gasteiger partial charge in [-0.2, -0.15) is 0 Å². The summed E-state index contributed by atoms with van der Waals surface area (Å²) in [5.74, 6) is -0.0377. The second kappa shape index (κ2) is 7.66. The molecule has 1 aliphatic heterocycles. The Kier molecular flexibility index (Phi) is 5.09. The lowest BCUT2D eigenvalue weighted by molar-refractivity contribution is -0.142. The average molecular weight is 382 g/mol. The zero-order valence-corrected chi connectivity index (χ0v) is 16.1. The number of rotatable bonds is 5. The monoisotopic (exact) mass is 382 g/mol. The van der Waals surface area contributed by atoms with E-state index in [1.54, 1.807) is 16.2 Å². The highest BCUT2D eigenvalue weighted by atomic mass is 32.1. The summed E-state index contributed by atoms with van der Waals surface area (Å²) in [4.78, 5) is 31.4. The third-order valence-electron chi connectivity index (χ3n) is 4.88. The van der Waals surface area contributed by atoms with E-state index in [2.05, 4.69) is 4.98 Å². The van der Waals surface area contributed by atoms with Crippen LogP contribution < -0.4 is 5.56 Å². The van der Waals surface area contributed by atoms with E-state index in [1.807, 2.05) is 48.7 Å². The first-order valence-electron chi connectivity index (χ1n) is 9.15. The molecule has 0 aliphatic carbocycles. The lowest BCUT2D eigenvalue weighted by Crippen LogP contribution is -2.39.